The summed E-state index contributed by atoms with van der Waals surface area (Å²) >= 11 is 0. The number of carbonyl (C=O) groups is 1. The van der Waals surface area contributed by atoms with Gasteiger partial charge in [-0.25, -0.2) is 17.8 Å². The Morgan fingerprint density at radius 1 is 1.11 bits per heavy atom. The Hall–Kier alpha value is -3.20. The van der Waals surface area contributed by atoms with Crippen LogP contribution in [0.5, 0.6) is 5.75 Å². The van der Waals surface area contributed by atoms with E-state index in [-0.39, 0.29) is 17.1 Å². The minimum atomic E-state index is -3.65. The van der Waals surface area contributed by atoms with E-state index in [1.54, 1.807) is 37.4 Å². The topological polar surface area (TPSA) is 97.4 Å². The zero-order valence-corrected chi connectivity index (χ0v) is 15.3. The number of nitrogens with one attached hydrogen (secondary N) is 2. The van der Waals surface area contributed by atoms with Gasteiger partial charge in [-0.15, -0.1) is 0 Å². The number of sulfonamides is 1. The first-order valence-electron chi connectivity index (χ1n) is 7.79. The van der Waals surface area contributed by atoms with E-state index in [9.17, 15) is 17.6 Å². The van der Waals surface area contributed by atoms with Crippen molar-refractivity contribution in [2.45, 2.75) is 0 Å². The van der Waals surface area contributed by atoms with Crippen molar-refractivity contribution in [3.8, 4) is 5.75 Å². The second-order valence-corrected chi connectivity index (χ2v) is 7.53. The molecule has 1 aromatic heterocycles. The number of nitrogens with zero attached hydrogens (tertiary/aromatic N) is 1. The van der Waals surface area contributed by atoms with Crippen LogP contribution in [-0.2, 0) is 10.0 Å². The average molecular weight is 389 g/mol. The van der Waals surface area contributed by atoms with E-state index in [4.69, 9.17) is 4.74 Å². The van der Waals surface area contributed by atoms with E-state index in [1.165, 1.54) is 12.1 Å². The number of benzene rings is 2. The third-order valence-corrected chi connectivity index (χ3v) is 4.24. The van der Waals surface area contributed by atoms with E-state index in [1.807, 2.05) is 0 Å². The minimum Gasteiger partial charge on any atom is -0.497 e. The van der Waals surface area contributed by atoms with Crippen molar-refractivity contribution in [3.63, 3.8) is 0 Å². The molecule has 0 aliphatic heterocycles. The van der Waals surface area contributed by atoms with Gasteiger partial charge in [-0.05, 0) is 42.5 Å². The summed E-state index contributed by atoms with van der Waals surface area (Å²) in [7, 11) is -2.09. The van der Waals surface area contributed by atoms with Crippen LogP contribution in [0.3, 0.4) is 0 Å². The number of pyridine rings is 1. The van der Waals surface area contributed by atoms with Crippen molar-refractivity contribution >= 4 is 38.2 Å². The highest BCUT2D eigenvalue weighted by molar-refractivity contribution is 7.92. The van der Waals surface area contributed by atoms with Gasteiger partial charge in [0.1, 0.15) is 17.3 Å². The molecule has 0 saturated carbocycles. The number of fused-ring (bicyclic) bond motifs is 1. The Balaban J connectivity index is 1.85. The SMILES string of the molecule is COc1ccc2nc(C(=O)Nc3ccc(F)c(NS(C)(=O)=O)c3)ccc2c1. The Kier molecular flexibility index (Phi) is 4.95. The normalized spacial score (nSPS) is 11.2. The number of ether oxygens (including phenoxy) is 1. The van der Waals surface area contributed by atoms with Gasteiger partial charge in [-0.2, -0.15) is 0 Å². The largest absolute Gasteiger partial charge is 0.497 e. The lowest BCUT2D eigenvalue weighted by atomic mass is 10.2. The lowest BCUT2D eigenvalue weighted by Crippen LogP contribution is -2.15. The summed E-state index contributed by atoms with van der Waals surface area (Å²) in [6.45, 7) is 0. The van der Waals surface area contributed by atoms with Gasteiger partial charge < -0.3 is 10.1 Å². The molecule has 0 aliphatic rings. The summed E-state index contributed by atoms with van der Waals surface area (Å²) in [5.74, 6) is -0.584. The average Bonchev–Trinajstić information content (AvgIpc) is 2.62. The minimum absolute atomic E-state index is 0.162. The number of aromatic nitrogens is 1. The lowest BCUT2D eigenvalue weighted by Gasteiger charge is -2.10. The maximum atomic E-state index is 13.7. The fourth-order valence-electron chi connectivity index (χ4n) is 2.43. The van der Waals surface area contributed by atoms with Crippen LogP contribution in [0.25, 0.3) is 10.9 Å². The number of amides is 1. The Labute approximate surface area is 155 Å². The van der Waals surface area contributed by atoms with Crippen LogP contribution in [0.2, 0.25) is 0 Å². The summed E-state index contributed by atoms with van der Waals surface area (Å²) in [5, 5.41) is 3.38. The van der Waals surface area contributed by atoms with Gasteiger partial charge in [0.25, 0.3) is 5.91 Å². The molecule has 0 atom stereocenters. The van der Waals surface area contributed by atoms with Crippen LogP contribution in [0.15, 0.2) is 48.5 Å². The number of hydrogen-bond acceptors (Lipinski definition) is 5. The Bertz CT molecular complexity index is 1130. The quantitative estimate of drug-likeness (QED) is 0.699. The lowest BCUT2D eigenvalue weighted by molar-refractivity contribution is 0.102. The molecule has 27 heavy (non-hydrogen) atoms. The van der Waals surface area contributed by atoms with Crippen molar-refractivity contribution < 1.29 is 22.3 Å². The van der Waals surface area contributed by atoms with Gasteiger partial charge in [0.05, 0.1) is 24.6 Å². The van der Waals surface area contributed by atoms with E-state index in [0.717, 1.165) is 17.7 Å². The number of anilines is 2. The molecule has 7 nitrogen and oxygen atoms in total. The van der Waals surface area contributed by atoms with Gasteiger partial charge in [-0.3, -0.25) is 9.52 Å². The predicted octanol–water partition coefficient (Wildman–Crippen LogP) is 3.01. The Morgan fingerprint density at radius 2 is 1.89 bits per heavy atom. The third kappa shape index (κ3) is 4.50. The van der Waals surface area contributed by atoms with E-state index in [2.05, 4.69) is 15.0 Å². The molecular formula is C18H16FN3O4S. The van der Waals surface area contributed by atoms with Gasteiger partial charge in [0, 0.05) is 11.1 Å². The first-order valence-corrected chi connectivity index (χ1v) is 9.68. The molecule has 3 rings (SSSR count). The van der Waals surface area contributed by atoms with E-state index >= 15 is 0 Å². The number of carbonyl (C=O) groups excluding carboxylic acids is 1. The number of rotatable bonds is 5. The summed E-state index contributed by atoms with van der Waals surface area (Å²) in [4.78, 5) is 16.7. The first kappa shape index (κ1) is 18.6. The molecule has 2 N–H and O–H groups in total. The first-order chi connectivity index (χ1) is 12.7. The molecule has 1 heterocycles. The molecule has 3 aromatic rings. The van der Waals surface area contributed by atoms with Crippen LogP contribution in [0.4, 0.5) is 15.8 Å². The summed E-state index contributed by atoms with van der Waals surface area (Å²) < 4.78 is 43.5. The summed E-state index contributed by atoms with van der Waals surface area (Å²) in [6.07, 6.45) is 0.908. The monoisotopic (exact) mass is 389 g/mol. The fourth-order valence-corrected chi connectivity index (χ4v) is 2.99. The zero-order chi connectivity index (χ0) is 19.6. The van der Waals surface area contributed by atoms with Crippen molar-refractivity contribution in [1.29, 1.82) is 0 Å². The molecule has 0 aliphatic carbocycles. The number of hydrogen-bond donors (Lipinski definition) is 2. The van der Waals surface area contributed by atoms with Crippen molar-refractivity contribution in [2.24, 2.45) is 0 Å². The van der Waals surface area contributed by atoms with Crippen LogP contribution in [0, 0.1) is 5.82 Å². The smallest absolute Gasteiger partial charge is 0.274 e. The molecule has 140 valence electrons. The summed E-state index contributed by atoms with van der Waals surface area (Å²) in [6, 6.07) is 12.1. The molecular weight excluding hydrogens is 373 g/mol. The highest BCUT2D eigenvalue weighted by atomic mass is 32.2. The van der Waals surface area contributed by atoms with Gasteiger partial charge in [0.2, 0.25) is 10.0 Å². The van der Waals surface area contributed by atoms with Crippen LogP contribution >= 0.6 is 0 Å². The van der Waals surface area contributed by atoms with Gasteiger partial charge in [-0.1, -0.05) is 6.07 Å². The van der Waals surface area contributed by atoms with E-state index < -0.39 is 21.7 Å². The Morgan fingerprint density at radius 3 is 2.59 bits per heavy atom. The van der Waals surface area contributed by atoms with Crippen LogP contribution in [-0.4, -0.2) is 32.7 Å². The highest BCUT2D eigenvalue weighted by Gasteiger charge is 2.12. The number of methoxy groups -OCH3 is 1. The second kappa shape index (κ2) is 7.20. The molecule has 9 heteroatoms. The van der Waals surface area contributed by atoms with E-state index in [0.29, 0.717) is 11.3 Å². The molecule has 1 amide bonds. The standard InChI is InChI=1S/C18H16FN3O4S/c1-26-13-5-8-15-11(9-13)3-7-16(21-15)18(23)20-12-4-6-14(19)17(10-12)22-27(2,24)25/h3-10,22H,1-2H3,(H,20,23). The fraction of sp³-hybridized carbons (Fsp3) is 0.111. The third-order valence-electron chi connectivity index (χ3n) is 3.65. The molecule has 0 radical (unpaired) electrons. The molecule has 0 unspecified atom stereocenters. The zero-order valence-electron chi connectivity index (χ0n) is 14.5. The molecule has 0 saturated heterocycles. The maximum absolute atomic E-state index is 13.7. The second-order valence-electron chi connectivity index (χ2n) is 5.78. The van der Waals surface area contributed by atoms with Crippen LogP contribution in [0.1, 0.15) is 10.5 Å². The highest BCUT2D eigenvalue weighted by Crippen LogP contribution is 2.22. The van der Waals surface area contributed by atoms with Crippen molar-refractivity contribution in [2.75, 3.05) is 23.4 Å². The number of halogens is 1. The molecule has 0 spiro atoms. The molecule has 0 bridgehead atoms. The van der Waals surface area contributed by atoms with Crippen LogP contribution < -0.4 is 14.8 Å². The van der Waals surface area contributed by atoms with Crippen molar-refractivity contribution in [1.82, 2.24) is 4.98 Å². The summed E-state index contributed by atoms with van der Waals surface area (Å²) in [5.41, 5.74) is 0.745. The predicted molar refractivity (Wildman–Crippen MR) is 101 cm³/mol. The van der Waals surface area contributed by atoms with Gasteiger partial charge >= 0.3 is 0 Å². The van der Waals surface area contributed by atoms with Crippen molar-refractivity contribution in [3.05, 3.63) is 60.0 Å². The van der Waals surface area contributed by atoms with Gasteiger partial charge in [0.15, 0.2) is 0 Å². The molecule has 0 fully saturated rings. The molecule has 2 aromatic carbocycles. The maximum Gasteiger partial charge on any atom is 0.274 e.